The third-order valence-electron chi connectivity index (χ3n) is 12.2. The molecule has 0 bridgehead atoms. The van der Waals surface area contributed by atoms with Crippen molar-refractivity contribution >= 4 is 59.0 Å². The fourth-order valence-corrected chi connectivity index (χ4v) is 9.47. The van der Waals surface area contributed by atoms with Crippen LogP contribution in [0, 0.1) is 11.3 Å². The smallest absolute Gasteiger partial charge is 0.417 e. The molecule has 324 valence electrons. The first-order chi connectivity index (χ1) is 28.9. The van der Waals surface area contributed by atoms with Crippen molar-refractivity contribution in [2.24, 2.45) is 0 Å². The molecule has 4 aliphatic rings. The van der Waals surface area contributed by atoms with Gasteiger partial charge >= 0.3 is 6.18 Å². The molecule has 13 nitrogen and oxygen atoms in total. The molecule has 0 spiro atoms. The Morgan fingerprint density at radius 2 is 1.69 bits per heavy atom. The van der Waals surface area contributed by atoms with Crippen LogP contribution >= 0.6 is 12.6 Å². The lowest BCUT2D eigenvalue weighted by molar-refractivity contribution is -0.138. The number of alkyl halides is 3. The van der Waals surface area contributed by atoms with Gasteiger partial charge in [-0.05, 0) is 113 Å². The number of thiol groups is 1. The molecule has 0 aromatic heterocycles. The highest BCUT2D eigenvalue weighted by Gasteiger charge is 2.52. The number of imide groups is 1. The molecule has 2 unspecified atom stereocenters. The van der Waals surface area contributed by atoms with Crippen molar-refractivity contribution in [3.8, 4) is 11.8 Å². The number of ether oxygens (including phenoxy) is 1. The number of carbonyl (C=O) groups excluding carboxylic acids is 4. The van der Waals surface area contributed by atoms with Gasteiger partial charge in [-0.3, -0.25) is 39.2 Å². The number of nitrogens with zero attached hydrogens (tertiary/aromatic N) is 5. The van der Waals surface area contributed by atoms with E-state index in [2.05, 4.69) is 39.6 Å². The Morgan fingerprint density at radius 3 is 2.34 bits per heavy atom. The number of benzene rings is 3. The van der Waals surface area contributed by atoms with Crippen LogP contribution in [0.2, 0.25) is 0 Å². The molecular weight excluding hydrogens is 810 g/mol. The summed E-state index contributed by atoms with van der Waals surface area (Å²) in [5.41, 5.74) is -0.737. The number of hydrogen-bond acceptors (Lipinski definition) is 11. The first kappa shape index (κ1) is 43.8. The van der Waals surface area contributed by atoms with Crippen molar-refractivity contribution in [3.05, 3.63) is 77.4 Å². The highest BCUT2D eigenvalue weighted by Crippen LogP contribution is 2.46. The predicted octanol–water partition coefficient (Wildman–Crippen LogP) is 6.32. The van der Waals surface area contributed by atoms with Gasteiger partial charge in [0.1, 0.15) is 23.9 Å². The zero-order valence-corrected chi connectivity index (χ0v) is 35.5. The number of piperidine rings is 1. The number of nitrogens with one attached hydrogen (secondary N) is 3. The van der Waals surface area contributed by atoms with Crippen LogP contribution < -0.4 is 30.5 Å². The van der Waals surface area contributed by atoms with Gasteiger partial charge in [-0.1, -0.05) is 12.5 Å². The van der Waals surface area contributed by atoms with Gasteiger partial charge in [0.2, 0.25) is 17.7 Å². The first-order valence-corrected chi connectivity index (χ1v) is 21.1. The largest absolute Gasteiger partial charge is 0.492 e. The molecule has 4 atom stereocenters. The van der Waals surface area contributed by atoms with Crippen molar-refractivity contribution in [3.63, 3.8) is 0 Å². The fraction of sp³-hybridized carbons (Fsp3) is 0.477. The van der Waals surface area contributed by atoms with E-state index in [-0.39, 0.29) is 54.4 Å². The second-order valence-corrected chi connectivity index (χ2v) is 17.4. The molecule has 17 heteroatoms. The van der Waals surface area contributed by atoms with Crippen LogP contribution in [0.25, 0.3) is 0 Å². The van der Waals surface area contributed by atoms with E-state index in [1.54, 1.807) is 43.0 Å². The van der Waals surface area contributed by atoms with Gasteiger partial charge in [0, 0.05) is 60.9 Å². The quantitative estimate of drug-likeness (QED) is 0.120. The Morgan fingerprint density at radius 1 is 0.984 bits per heavy atom. The summed E-state index contributed by atoms with van der Waals surface area (Å²) in [4.78, 5) is 58.4. The summed E-state index contributed by atoms with van der Waals surface area (Å²) in [6.07, 6.45) is -1.06. The number of piperazine rings is 1. The van der Waals surface area contributed by atoms with Gasteiger partial charge in [0.25, 0.3) is 5.91 Å². The van der Waals surface area contributed by atoms with Gasteiger partial charge in [0.05, 0.1) is 23.7 Å². The monoisotopic (exact) mass is 860 g/mol. The Kier molecular flexibility index (Phi) is 12.6. The van der Waals surface area contributed by atoms with Crippen molar-refractivity contribution in [1.82, 2.24) is 15.1 Å². The molecule has 4 fully saturated rings. The third kappa shape index (κ3) is 9.31. The minimum absolute atomic E-state index is 0.00247. The van der Waals surface area contributed by atoms with E-state index in [1.807, 2.05) is 24.3 Å². The molecule has 0 radical (unpaired) electrons. The molecule has 1 aliphatic carbocycles. The molecule has 1 saturated carbocycles. The van der Waals surface area contributed by atoms with Crippen LogP contribution in [0.1, 0.15) is 82.4 Å². The third-order valence-corrected chi connectivity index (χ3v) is 12.7. The van der Waals surface area contributed by atoms with E-state index in [9.17, 15) is 37.6 Å². The lowest BCUT2D eigenvalue weighted by Crippen LogP contribution is -2.58. The maximum atomic E-state index is 13.9. The molecule has 3 saturated heterocycles. The fourth-order valence-electron chi connectivity index (χ4n) is 8.81. The Bertz CT molecular complexity index is 2220. The molecule has 61 heavy (non-hydrogen) atoms. The Hall–Kier alpha value is -5.31. The number of rotatable bonds is 12. The van der Waals surface area contributed by atoms with Gasteiger partial charge < -0.3 is 20.3 Å². The summed E-state index contributed by atoms with van der Waals surface area (Å²) in [7, 11) is 0. The Labute approximate surface area is 359 Å². The highest BCUT2D eigenvalue weighted by molar-refractivity contribution is 7.81. The minimum Gasteiger partial charge on any atom is -0.492 e. The van der Waals surface area contributed by atoms with Crippen molar-refractivity contribution in [2.45, 2.75) is 101 Å². The number of anilines is 4. The van der Waals surface area contributed by atoms with E-state index in [1.165, 1.54) is 11.0 Å². The zero-order chi connectivity index (χ0) is 43.8. The minimum atomic E-state index is -4.78. The molecule has 3 aromatic carbocycles. The van der Waals surface area contributed by atoms with Gasteiger partial charge in [-0.15, -0.1) is 12.6 Å². The molecule has 7 rings (SSSR count). The van der Waals surface area contributed by atoms with Crippen molar-refractivity contribution < 1.29 is 37.1 Å². The van der Waals surface area contributed by atoms with Crippen LogP contribution in [0.3, 0.4) is 0 Å². The van der Waals surface area contributed by atoms with Crippen LogP contribution in [0.4, 0.5) is 35.9 Å². The van der Waals surface area contributed by atoms with E-state index in [0.717, 1.165) is 55.8 Å². The topological polar surface area (TPSA) is 150 Å². The number of carbonyl (C=O) groups is 4. The lowest BCUT2D eigenvalue weighted by Gasteiger charge is -2.44. The summed E-state index contributed by atoms with van der Waals surface area (Å²) in [6, 6.07) is 17.4. The van der Waals surface area contributed by atoms with Gasteiger partial charge in [-0.2, -0.15) is 18.4 Å². The molecule has 3 aromatic rings. The standard InChI is InChI=1S/C44H51F3N8O5S/c1-26-23-52(24-27(2)53(26)25-39(57)50-31-10-6-9-30(19-31)49-36-14-16-38(56)51-40(36)58)17-18-60-37-15-13-33(20-34(37)28-7-5-8-28)55-42(61)54(41(59)43(55,3)4)32-12-11-29(22-48)35(21-32)44(45,46)47/h6,9-13,15,19-21,26-28,36,42,49,61H,5,7-8,14,16-18,23-25H2,1-4H3,(H,50,57)(H,51,56,58)/t26-,27+,36?,42?. The van der Waals surface area contributed by atoms with E-state index >= 15 is 0 Å². The maximum Gasteiger partial charge on any atom is 0.417 e. The number of hydrogen-bond donors (Lipinski definition) is 4. The highest BCUT2D eigenvalue weighted by atomic mass is 32.1. The van der Waals surface area contributed by atoms with Crippen LogP contribution in [-0.2, 0) is 25.4 Å². The summed E-state index contributed by atoms with van der Waals surface area (Å²) in [6.45, 7) is 10.4. The van der Waals surface area contributed by atoms with E-state index in [0.29, 0.717) is 36.6 Å². The molecule has 3 N–H and O–H groups in total. The van der Waals surface area contributed by atoms with E-state index in [4.69, 9.17) is 17.4 Å². The summed E-state index contributed by atoms with van der Waals surface area (Å²) in [5, 5.41) is 17.8. The Balaban J connectivity index is 0.958. The molecule has 4 amide bonds. The van der Waals surface area contributed by atoms with Crippen molar-refractivity contribution in [2.75, 3.05) is 53.2 Å². The maximum absolute atomic E-state index is 13.9. The second kappa shape index (κ2) is 17.6. The average molecular weight is 861 g/mol. The summed E-state index contributed by atoms with van der Waals surface area (Å²) in [5.74, 6) is -0.210. The number of halogens is 3. The van der Waals surface area contributed by atoms with Gasteiger partial charge in [-0.25, -0.2) is 0 Å². The molecule has 3 aliphatic heterocycles. The number of amides is 4. The summed E-state index contributed by atoms with van der Waals surface area (Å²) >= 11 is 4.79. The molecular formula is C44H51F3N8O5S. The zero-order valence-electron chi connectivity index (χ0n) is 34.6. The molecule has 3 heterocycles. The normalized spacial score (nSPS) is 23.6. The van der Waals surface area contributed by atoms with Crippen LogP contribution in [0.15, 0.2) is 60.7 Å². The predicted molar refractivity (Wildman–Crippen MR) is 228 cm³/mol. The summed E-state index contributed by atoms with van der Waals surface area (Å²) < 4.78 is 48.1. The number of nitriles is 1. The second-order valence-electron chi connectivity index (χ2n) is 16.9. The van der Waals surface area contributed by atoms with Gasteiger partial charge in [0.15, 0.2) is 5.50 Å². The van der Waals surface area contributed by atoms with Crippen LogP contribution in [0.5, 0.6) is 5.75 Å². The van der Waals surface area contributed by atoms with Crippen LogP contribution in [-0.4, -0.2) is 95.4 Å². The first-order valence-electron chi connectivity index (χ1n) is 20.6. The van der Waals surface area contributed by atoms with E-state index < -0.39 is 40.3 Å². The lowest BCUT2D eigenvalue weighted by atomic mass is 9.79. The van der Waals surface area contributed by atoms with Crippen molar-refractivity contribution in [1.29, 1.82) is 5.26 Å². The average Bonchev–Trinajstić information content (AvgIpc) is 3.35. The SMILES string of the molecule is C[C@@H]1CN(CCOc2ccc(N3C(S)N(c4ccc(C#N)c(C(F)(F)F)c4)C(=O)C3(C)C)cc2C2CCC2)C[C@H](C)N1CC(=O)Nc1cccc(NC2CCC(=O)NC2=O)c1.